The van der Waals surface area contributed by atoms with Gasteiger partial charge in [0.2, 0.25) is 0 Å². The number of hydrogen-bond donors (Lipinski definition) is 1. The summed E-state index contributed by atoms with van der Waals surface area (Å²) in [6, 6.07) is 0. The molecule has 0 radical (unpaired) electrons. The molecule has 0 heterocycles. The molecule has 0 aliphatic carbocycles. The third kappa shape index (κ3) is 12.5. The van der Waals surface area contributed by atoms with Crippen molar-refractivity contribution in [2.75, 3.05) is 40.4 Å². The van der Waals surface area contributed by atoms with Crippen LogP contribution in [0.15, 0.2) is 17.6 Å². The van der Waals surface area contributed by atoms with Gasteiger partial charge >= 0.3 is 6.18 Å². The maximum absolute atomic E-state index is 11.9. The Kier molecular flexibility index (Phi) is 11.6. The predicted octanol–water partition coefficient (Wildman–Crippen LogP) is 3.21. The molecule has 0 atom stereocenters. The summed E-state index contributed by atoms with van der Waals surface area (Å²) in [4.78, 5) is 6.17. The summed E-state index contributed by atoms with van der Waals surface area (Å²) in [6.45, 7) is 4.00. The first-order valence-corrected chi connectivity index (χ1v) is 7.58. The van der Waals surface area contributed by atoms with E-state index in [0.717, 1.165) is 38.2 Å². The van der Waals surface area contributed by atoms with E-state index in [1.165, 1.54) is 0 Å². The van der Waals surface area contributed by atoms with Crippen LogP contribution in [-0.4, -0.2) is 57.4 Å². The number of nitrogens with zero attached hydrogens (tertiary/aromatic N) is 2. The Labute approximate surface area is 131 Å². The first-order valence-electron chi connectivity index (χ1n) is 7.58. The maximum Gasteiger partial charge on any atom is 0.411 e. The van der Waals surface area contributed by atoms with E-state index in [4.69, 9.17) is 0 Å². The standard InChI is InChI=1S/C15H28F3N3O/c1-4-5-6-7-8-11-21(3)14(19-2)20-10-9-12-22-13-15(16,17)18/h4H,1,5-13H2,2-3H3,(H,19,20). The summed E-state index contributed by atoms with van der Waals surface area (Å²) in [6.07, 6.45) is 2.55. The van der Waals surface area contributed by atoms with Crippen LogP contribution in [0.3, 0.4) is 0 Å². The topological polar surface area (TPSA) is 36.9 Å². The molecule has 0 aromatic rings. The minimum atomic E-state index is -4.25. The average Bonchev–Trinajstić information content (AvgIpc) is 2.45. The summed E-state index contributed by atoms with van der Waals surface area (Å²) < 4.78 is 40.2. The predicted molar refractivity (Wildman–Crippen MR) is 84.1 cm³/mol. The van der Waals surface area contributed by atoms with Crippen LogP contribution in [0.5, 0.6) is 0 Å². The molecule has 0 saturated heterocycles. The Morgan fingerprint density at radius 1 is 1.27 bits per heavy atom. The highest BCUT2D eigenvalue weighted by molar-refractivity contribution is 5.79. The molecule has 1 N–H and O–H groups in total. The zero-order chi connectivity index (χ0) is 16.8. The second-order valence-electron chi connectivity index (χ2n) is 5.05. The van der Waals surface area contributed by atoms with Crippen molar-refractivity contribution in [2.24, 2.45) is 4.99 Å². The smallest absolute Gasteiger partial charge is 0.372 e. The highest BCUT2D eigenvalue weighted by atomic mass is 19.4. The van der Waals surface area contributed by atoms with Crippen LogP contribution in [0.25, 0.3) is 0 Å². The first-order chi connectivity index (χ1) is 10.4. The van der Waals surface area contributed by atoms with Gasteiger partial charge in [0.05, 0.1) is 0 Å². The molecule has 0 amide bonds. The lowest BCUT2D eigenvalue weighted by atomic mass is 10.2. The molecule has 4 nitrogen and oxygen atoms in total. The lowest BCUT2D eigenvalue weighted by Gasteiger charge is -2.22. The van der Waals surface area contributed by atoms with E-state index in [2.05, 4.69) is 21.6 Å². The highest BCUT2D eigenvalue weighted by Crippen LogP contribution is 2.14. The number of halogens is 3. The van der Waals surface area contributed by atoms with Crippen molar-refractivity contribution in [3.05, 3.63) is 12.7 Å². The average molecular weight is 323 g/mol. The number of allylic oxidation sites excluding steroid dienone is 1. The Bertz CT molecular complexity index is 320. The molecule has 0 bridgehead atoms. The van der Waals surface area contributed by atoms with Crippen molar-refractivity contribution < 1.29 is 17.9 Å². The van der Waals surface area contributed by atoms with Gasteiger partial charge in [0.25, 0.3) is 0 Å². The fourth-order valence-electron chi connectivity index (χ4n) is 1.87. The van der Waals surface area contributed by atoms with E-state index in [1.54, 1.807) is 7.05 Å². The summed E-state index contributed by atoms with van der Waals surface area (Å²) in [5, 5.41) is 3.12. The van der Waals surface area contributed by atoms with Crippen LogP contribution in [0, 0.1) is 0 Å². The number of alkyl halides is 3. The van der Waals surface area contributed by atoms with Gasteiger partial charge in [0, 0.05) is 33.8 Å². The summed E-state index contributed by atoms with van der Waals surface area (Å²) in [7, 11) is 3.64. The molecule has 22 heavy (non-hydrogen) atoms. The fourth-order valence-corrected chi connectivity index (χ4v) is 1.87. The third-order valence-corrected chi connectivity index (χ3v) is 2.99. The number of rotatable bonds is 11. The Morgan fingerprint density at radius 3 is 2.59 bits per heavy atom. The van der Waals surface area contributed by atoms with Gasteiger partial charge in [-0.1, -0.05) is 12.5 Å². The van der Waals surface area contributed by atoms with E-state index < -0.39 is 12.8 Å². The van der Waals surface area contributed by atoms with Gasteiger partial charge in [0.15, 0.2) is 5.96 Å². The largest absolute Gasteiger partial charge is 0.411 e. The first kappa shape index (κ1) is 20.8. The highest BCUT2D eigenvalue weighted by Gasteiger charge is 2.27. The van der Waals surface area contributed by atoms with Gasteiger partial charge in [-0.05, 0) is 25.7 Å². The molecular weight excluding hydrogens is 295 g/mol. The van der Waals surface area contributed by atoms with Gasteiger partial charge < -0.3 is 15.0 Å². The van der Waals surface area contributed by atoms with Gasteiger partial charge in [0.1, 0.15) is 6.61 Å². The molecule has 130 valence electrons. The number of hydrogen-bond acceptors (Lipinski definition) is 2. The van der Waals surface area contributed by atoms with Crippen LogP contribution in [0.2, 0.25) is 0 Å². The molecule has 0 aliphatic rings. The van der Waals surface area contributed by atoms with E-state index in [0.29, 0.717) is 13.0 Å². The second-order valence-corrected chi connectivity index (χ2v) is 5.05. The van der Waals surface area contributed by atoms with Crippen LogP contribution < -0.4 is 5.32 Å². The Balaban J connectivity index is 3.71. The van der Waals surface area contributed by atoms with Crippen LogP contribution in [0.4, 0.5) is 13.2 Å². The number of guanidine groups is 1. The van der Waals surface area contributed by atoms with Crippen molar-refractivity contribution in [3.63, 3.8) is 0 Å². The molecule has 0 unspecified atom stereocenters. The summed E-state index contributed by atoms with van der Waals surface area (Å²) in [5.41, 5.74) is 0. The minimum absolute atomic E-state index is 0.0781. The lowest BCUT2D eigenvalue weighted by Crippen LogP contribution is -2.40. The summed E-state index contributed by atoms with van der Waals surface area (Å²) in [5.74, 6) is 0.750. The van der Waals surface area contributed by atoms with Crippen LogP contribution in [0.1, 0.15) is 32.1 Å². The molecule has 0 aromatic heterocycles. The molecule has 7 heteroatoms. The molecule has 0 fully saturated rings. The van der Waals surface area contributed by atoms with E-state index in [9.17, 15) is 13.2 Å². The van der Waals surface area contributed by atoms with Crippen molar-refractivity contribution >= 4 is 5.96 Å². The number of aliphatic imine (C=N–C) groups is 1. The van der Waals surface area contributed by atoms with Crippen molar-refractivity contribution in [1.82, 2.24) is 10.2 Å². The van der Waals surface area contributed by atoms with Crippen molar-refractivity contribution in [2.45, 2.75) is 38.3 Å². The number of ether oxygens (including phenoxy) is 1. The van der Waals surface area contributed by atoms with E-state index in [1.807, 2.05) is 18.0 Å². The van der Waals surface area contributed by atoms with Crippen molar-refractivity contribution in [3.8, 4) is 0 Å². The van der Waals surface area contributed by atoms with Gasteiger partial charge in [-0.3, -0.25) is 4.99 Å². The summed E-state index contributed by atoms with van der Waals surface area (Å²) >= 11 is 0. The number of unbranched alkanes of at least 4 members (excludes halogenated alkanes) is 3. The van der Waals surface area contributed by atoms with Gasteiger partial charge in [-0.15, -0.1) is 6.58 Å². The molecule has 0 spiro atoms. The molecule has 0 rings (SSSR count). The Morgan fingerprint density at radius 2 is 2.00 bits per heavy atom. The van der Waals surface area contributed by atoms with Gasteiger partial charge in [-0.2, -0.15) is 13.2 Å². The zero-order valence-electron chi connectivity index (χ0n) is 13.6. The molecule has 0 saturated carbocycles. The van der Waals surface area contributed by atoms with E-state index in [-0.39, 0.29) is 6.61 Å². The SMILES string of the molecule is C=CCCCCCN(C)C(=NC)NCCCOCC(F)(F)F. The van der Waals surface area contributed by atoms with Crippen LogP contribution in [-0.2, 0) is 4.74 Å². The fraction of sp³-hybridized carbons (Fsp3) is 0.800. The Hall–Kier alpha value is -1.24. The van der Waals surface area contributed by atoms with Crippen LogP contribution >= 0.6 is 0 Å². The van der Waals surface area contributed by atoms with E-state index >= 15 is 0 Å². The molecular formula is C15H28F3N3O. The maximum atomic E-state index is 11.9. The zero-order valence-corrected chi connectivity index (χ0v) is 13.6. The van der Waals surface area contributed by atoms with Crippen molar-refractivity contribution in [1.29, 1.82) is 0 Å². The second kappa shape index (κ2) is 12.3. The normalized spacial score (nSPS) is 12.3. The lowest BCUT2D eigenvalue weighted by molar-refractivity contribution is -0.173. The monoisotopic (exact) mass is 323 g/mol. The quantitative estimate of drug-likeness (QED) is 0.274. The number of nitrogens with one attached hydrogen (secondary N) is 1. The molecule has 0 aromatic carbocycles. The minimum Gasteiger partial charge on any atom is -0.372 e. The van der Waals surface area contributed by atoms with Gasteiger partial charge in [-0.25, -0.2) is 0 Å². The molecule has 0 aliphatic heterocycles. The third-order valence-electron chi connectivity index (χ3n) is 2.99.